The molecule has 7 rings (SSSR count). The van der Waals surface area contributed by atoms with E-state index in [9.17, 15) is 10.5 Å². The summed E-state index contributed by atoms with van der Waals surface area (Å²) >= 11 is 0. The Hall–Kier alpha value is -7.20. The zero-order chi connectivity index (χ0) is 32.9. The summed E-state index contributed by atoms with van der Waals surface area (Å²) in [5.41, 5.74) is 13.1. The molecule has 0 aliphatic heterocycles. The molecule has 0 saturated carbocycles. The van der Waals surface area contributed by atoms with Crippen LogP contribution in [0.3, 0.4) is 0 Å². The molecule has 6 heteroatoms. The third kappa shape index (κ3) is 5.80. The Labute approximate surface area is 278 Å². The number of pyridine rings is 3. The SMILES string of the molecule is [C-]#[N+]c1ccncc1-c1ccc(-c2cc(-c3ccc(-c4cnccc4C#N)cc3)cc(-c3ccc(-c4cnccc4C#N)cc3)c2)cc1. The van der Waals surface area contributed by atoms with Crippen LogP contribution in [-0.2, 0) is 0 Å². The Balaban J connectivity index is 1.30. The molecule has 0 atom stereocenters. The zero-order valence-electron chi connectivity index (χ0n) is 25.5. The monoisotopic (exact) mass is 612 g/mol. The summed E-state index contributed by atoms with van der Waals surface area (Å²) in [6.45, 7) is 7.55. The van der Waals surface area contributed by atoms with Gasteiger partial charge in [0.05, 0.1) is 29.8 Å². The smallest absolute Gasteiger partial charge is 0.197 e. The number of nitriles is 2. The second-order valence-electron chi connectivity index (χ2n) is 11.1. The van der Waals surface area contributed by atoms with E-state index in [4.69, 9.17) is 6.57 Å². The molecule has 7 aromatic rings. The van der Waals surface area contributed by atoms with Gasteiger partial charge in [0, 0.05) is 53.9 Å². The molecule has 0 spiro atoms. The van der Waals surface area contributed by atoms with Gasteiger partial charge in [0.2, 0.25) is 0 Å². The van der Waals surface area contributed by atoms with Gasteiger partial charge in [-0.3, -0.25) is 15.0 Å². The highest BCUT2D eigenvalue weighted by atomic mass is 14.7. The fourth-order valence-electron chi connectivity index (χ4n) is 5.81. The van der Waals surface area contributed by atoms with Crippen molar-refractivity contribution in [2.24, 2.45) is 0 Å². The molecule has 3 heterocycles. The molecule has 0 N–H and O–H groups in total. The van der Waals surface area contributed by atoms with Crippen molar-refractivity contribution in [1.82, 2.24) is 15.0 Å². The maximum Gasteiger partial charge on any atom is 0.197 e. The van der Waals surface area contributed by atoms with Crippen molar-refractivity contribution in [2.45, 2.75) is 0 Å². The highest BCUT2D eigenvalue weighted by Gasteiger charge is 2.12. The third-order valence-electron chi connectivity index (χ3n) is 8.32. The van der Waals surface area contributed by atoms with Crippen LogP contribution < -0.4 is 0 Å². The molecule has 0 amide bonds. The van der Waals surface area contributed by atoms with E-state index in [1.165, 1.54) is 0 Å². The Morgan fingerprint density at radius 3 is 1.12 bits per heavy atom. The van der Waals surface area contributed by atoms with Crippen LogP contribution in [0.15, 0.2) is 146 Å². The minimum absolute atomic E-state index is 0.565. The van der Waals surface area contributed by atoms with E-state index in [1.54, 1.807) is 55.4 Å². The maximum absolute atomic E-state index is 9.59. The highest BCUT2D eigenvalue weighted by molar-refractivity contribution is 5.85. The van der Waals surface area contributed by atoms with Gasteiger partial charge in [-0.1, -0.05) is 72.8 Å². The van der Waals surface area contributed by atoms with E-state index in [1.807, 2.05) is 36.4 Å². The first-order chi connectivity index (χ1) is 23.6. The quantitative estimate of drug-likeness (QED) is 0.174. The molecular formula is C42H24N6. The van der Waals surface area contributed by atoms with Gasteiger partial charge in [0.15, 0.2) is 5.69 Å². The fourth-order valence-corrected chi connectivity index (χ4v) is 5.81. The second-order valence-corrected chi connectivity index (χ2v) is 11.1. The lowest BCUT2D eigenvalue weighted by Crippen LogP contribution is -1.89. The van der Waals surface area contributed by atoms with Crippen LogP contribution in [0.1, 0.15) is 11.1 Å². The van der Waals surface area contributed by atoms with Crippen LogP contribution >= 0.6 is 0 Å². The normalized spacial score (nSPS) is 10.4. The Kier molecular flexibility index (Phi) is 8.01. The van der Waals surface area contributed by atoms with E-state index < -0.39 is 0 Å². The standard InChI is InChI=1S/C42H24N6/c1-45-42-16-19-48-27-41(42)33-12-6-30(7-13-33)38-21-36(28-2-8-31(9-3-28)39-25-46-17-14-34(39)23-43)20-37(22-38)29-4-10-32(11-5-29)40-26-47-18-15-35(40)24-44/h2-22,25-27H. The molecule has 4 aromatic carbocycles. The van der Waals surface area contributed by atoms with Crippen LogP contribution in [0.25, 0.3) is 71.6 Å². The second kappa shape index (κ2) is 13.0. The highest BCUT2D eigenvalue weighted by Crippen LogP contribution is 2.37. The predicted octanol–water partition coefficient (Wildman–Crippen LogP) is 10.2. The summed E-state index contributed by atoms with van der Waals surface area (Å²) in [6, 6.07) is 40.8. The number of nitrogens with zero attached hydrogens (tertiary/aromatic N) is 6. The van der Waals surface area contributed by atoms with E-state index in [0.717, 1.165) is 66.8 Å². The van der Waals surface area contributed by atoms with Crippen LogP contribution in [0.5, 0.6) is 0 Å². The predicted molar refractivity (Wildman–Crippen MR) is 188 cm³/mol. The molecule has 6 nitrogen and oxygen atoms in total. The average molecular weight is 613 g/mol. The Morgan fingerprint density at radius 2 is 0.750 bits per heavy atom. The molecule has 0 aliphatic carbocycles. The lowest BCUT2D eigenvalue weighted by molar-refractivity contribution is 1.31. The van der Waals surface area contributed by atoms with E-state index >= 15 is 0 Å². The molecule has 222 valence electrons. The van der Waals surface area contributed by atoms with Crippen molar-refractivity contribution in [2.75, 3.05) is 0 Å². The van der Waals surface area contributed by atoms with Gasteiger partial charge in [-0.15, -0.1) is 0 Å². The molecule has 0 aliphatic rings. The largest absolute Gasteiger partial charge is 0.267 e. The number of hydrogen-bond acceptors (Lipinski definition) is 5. The lowest BCUT2D eigenvalue weighted by atomic mass is 9.91. The zero-order valence-corrected chi connectivity index (χ0v) is 25.5. The molecule has 48 heavy (non-hydrogen) atoms. The van der Waals surface area contributed by atoms with Crippen molar-refractivity contribution in [3.05, 3.63) is 169 Å². The number of hydrogen-bond donors (Lipinski definition) is 0. The lowest BCUT2D eigenvalue weighted by Gasteiger charge is -2.13. The van der Waals surface area contributed by atoms with Gasteiger partial charge in [-0.05, 0) is 86.5 Å². The number of aromatic nitrogens is 3. The summed E-state index contributed by atoms with van der Waals surface area (Å²) in [5.74, 6) is 0. The average Bonchev–Trinajstić information content (AvgIpc) is 3.18. The number of benzene rings is 4. The van der Waals surface area contributed by atoms with Crippen LogP contribution in [-0.4, -0.2) is 15.0 Å². The van der Waals surface area contributed by atoms with E-state index in [0.29, 0.717) is 16.8 Å². The molecule has 0 radical (unpaired) electrons. The van der Waals surface area contributed by atoms with E-state index in [2.05, 4.69) is 86.5 Å². The summed E-state index contributed by atoms with van der Waals surface area (Å²) < 4.78 is 0. The van der Waals surface area contributed by atoms with Crippen LogP contribution in [0.4, 0.5) is 5.69 Å². The maximum atomic E-state index is 9.59. The van der Waals surface area contributed by atoms with Crippen LogP contribution in [0.2, 0.25) is 0 Å². The van der Waals surface area contributed by atoms with Crippen molar-refractivity contribution in [1.29, 1.82) is 10.5 Å². The Bertz CT molecular complexity index is 2120. The van der Waals surface area contributed by atoms with Crippen LogP contribution in [0, 0.1) is 29.2 Å². The van der Waals surface area contributed by atoms with Crippen molar-refractivity contribution in [3.63, 3.8) is 0 Å². The number of rotatable bonds is 6. The minimum atomic E-state index is 0.565. The Morgan fingerprint density at radius 1 is 0.417 bits per heavy atom. The first-order valence-corrected chi connectivity index (χ1v) is 15.1. The van der Waals surface area contributed by atoms with Crippen molar-refractivity contribution < 1.29 is 0 Å². The molecular weight excluding hydrogens is 589 g/mol. The first-order valence-electron chi connectivity index (χ1n) is 15.1. The summed E-state index contributed by atoms with van der Waals surface area (Å²) in [7, 11) is 0. The molecule has 0 saturated heterocycles. The molecule has 0 fully saturated rings. The van der Waals surface area contributed by atoms with Gasteiger partial charge >= 0.3 is 0 Å². The van der Waals surface area contributed by atoms with Gasteiger partial charge < -0.3 is 0 Å². The summed E-state index contributed by atoms with van der Waals surface area (Å²) in [5, 5.41) is 19.2. The molecule has 0 bridgehead atoms. The molecule has 0 unspecified atom stereocenters. The van der Waals surface area contributed by atoms with Gasteiger partial charge in [0.25, 0.3) is 0 Å². The third-order valence-corrected chi connectivity index (χ3v) is 8.32. The first kappa shape index (κ1) is 29.5. The summed E-state index contributed by atoms with van der Waals surface area (Å²) in [4.78, 5) is 16.3. The van der Waals surface area contributed by atoms with Gasteiger partial charge in [-0.2, -0.15) is 10.5 Å². The summed E-state index contributed by atoms with van der Waals surface area (Å²) in [6.07, 6.45) is 10.1. The van der Waals surface area contributed by atoms with Crippen molar-refractivity contribution >= 4 is 5.69 Å². The van der Waals surface area contributed by atoms with E-state index in [-0.39, 0.29) is 0 Å². The van der Waals surface area contributed by atoms with Crippen molar-refractivity contribution in [3.8, 4) is 78.9 Å². The molecule has 3 aromatic heterocycles. The topological polar surface area (TPSA) is 90.6 Å². The van der Waals surface area contributed by atoms with Gasteiger partial charge in [0.1, 0.15) is 0 Å². The fraction of sp³-hybridized carbons (Fsp3) is 0. The van der Waals surface area contributed by atoms with Gasteiger partial charge in [-0.25, -0.2) is 4.85 Å². The minimum Gasteiger partial charge on any atom is -0.267 e.